The van der Waals surface area contributed by atoms with Crippen LogP contribution in [0.5, 0.6) is 0 Å². The van der Waals surface area contributed by atoms with Gasteiger partial charge in [-0.1, -0.05) is 30.3 Å². The maximum absolute atomic E-state index is 13.0. The lowest BCUT2D eigenvalue weighted by Gasteiger charge is -2.19. The molecule has 0 saturated heterocycles. The van der Waals surface area contributed by atoms with Gasteiger partial charge in [0.1, 0.15) is 6.61 Å². The SMILES string of the molecule is O=C(OCc1csc(Nc2ccccc2)n1)c1ccc2c(c1)S(=O)(=O)c1ccccc1C2=O. The fraction of sp³-hybridized carbons (Fsp3) is 0.0417. The topological polar surface area (TPSA) is 102 Å². The lowest BCUT2D eigenvalue weighted by molar-refractivity contribution is 0.0468. The Morgan fingerprint density at radius 1 is 0.939 bits per heavy atom. The van der Waals surface area contributed by atoms with E-state index in [9.17, 15) is 18.0 Å². The van der Waals surface area contributed by atoms with Gasteiger partial charge in [-0.25, -0.2) is 18.2 Å². The second kappa shape index (κ2) is 8.27. The Balaban J connectivity index is 1.33. The predicted octanol–water partition coefficient (Wildman–Crippen LogP) is 4.62. The summed E-state index contributed by atoms with van der Waals surface area (Å²) in [6.45, 7) is -0.0720. The van der Waals surface area contributed by atoms with Gasteiger partial charge in [0.2, 0.25) is 9.84 Å². The van der Waals surface area contributed by atoms with Crippen molar-refractivity contribution in [1.82, 2.24) is 4.98 Å². The van der Waals surface area contributed by atoms with Crippen LogP contribution in [0.25, 0.3) is 0 Å². The average molecular weight is 477 g/mol. The monoisotopic (exact) mass is 476 g/mol. The van der Waals surface area contributed by atoms with Crippen LogP contribution in [-0.4, -0.2) is 25.2 Å². The standard InChI is InChI=1S/C24H16N2O5S2/c27-22-18-8-4-5-9-20(18)33(29,30)21-12-15(10-11-19(21)22)23(28)31-13-17-14-32-24(26-17)25-16-6-2-1-3-7-16/h1-12,14H,13H2,(H,25,26). The molecule has 0 fully saturated rings. The first-order valence-electron chi connectivity index (χ1n) is 9.90. The number of ether oxygens (including phenoxy) is 1. The molecule has 2 heterocycles. The minimum Gasteiger partial charge on any atom is -0.456 e. The first-order valence-corrected chi connectivity index (χ1v) is 12.3. The Morgan fingerprint density at radius 3 is 2.48 bits per heavy atom. The number of para-hydroxylation sites is 1. The molecular formula is C24H16N2O5S2. The minimum absolute atomic E-state index is 0.0429. The zero-order valence-corrected chi connectivity index (χ0v) is 18.7. The van der Waals surface area contributed by atoms with E-state index in [0.717, 1.165) is 5.69 Å². The quantitative estimate of drug-likeness (QED) is 0.369. The number of nitrogens with zero attached hydrogens (tertiary/aromatic N) is 1. The van der Waals surface area contributed by atoms with Crippen LogP contribution < -0.4 is 5.32 Å². The van der Waals surface area contributed by atoms with Gasteiger partial charge in [-0.2, -0.15) is 0 Å². The molecule has 5 rings (SSSR count). The number of carbonyl (C=O) groups is 2. The number of thiazole rings is 1. The molecule has 0 spiro atoms. The lowest BCUT2D eigenvalue weighted by atomic mass is 10.0. The van der Waals surface area contributed by atoms with E-state index in [1.165, 1.54) is 41.7 Å². The number of sulfone groups is 1. The second-order valence-electron chi connectivity index (χ2n) is 7.25. The third-order valence-electron chi connectivity index (χ3n) is 5.10. The van der Waals surface area contributed by atoms with Gasteiger partial charge in [-0.15, -0.1) is 11.3 Å². The van der Waals surface area contributed by atoms with Crippen molar-refractivity contribution in [2.75, 3.05) is 5.32 Å². The molecule has 0 saturated carbocycles. The highest BCUT2D eigenvalue weighted by molar-refractivity contribution is 7.91. The number of benzene rings is 3. The number of hydrogen-bond donors (Lipinski definition) is 1. The van der Waals surface area contributed by atoms with Gasteiger partial charge in [0.25, 0.3) is 0 Å². The molecule has 1 N–H and O–H groups in total. The fourth-order valence-corrected chi connectivity index (χ4v) is 5.90. The van der Waals surface area contributed by atoms with E-state index >= 15 is 0 Å². The molecule has 0 aliphatic carbocycles. The molecule has 0 bridgehead atoms. The Hall–Kier alpha value is -3.82. The van der Waals surface area contributed by atoms with Crippen molar-refractivity contribution in [1.29, 1.82) is 0 Å². The maximum Gasteiger partial charge on any atom is 0.338 e. The van der Waals surface area contributed by atoms with Crippen molar-refractivity contribution < 1.29 is 22.7 Å². The summed E-state index contributed by atoms with van der Waals surface area (Å²) in [5.41, 5.74) is 1.66. The number of esters is 1. The lowest BCUT2D eigenvalue weighted by Crippen LogP contribution is -2.21. The molecule has 0 radical (unpaired) electrons. The third kappa shape index (κ3) is 3.92. The Morgan fingerprint density at radius 2 is 1.67 bits per heavy atom. The zero-order valence-electron chi connectivity index (χ0n) is 17.0. The van der Waals surface area contributed by atoms with Gasteiger partial charge in [0, 0.05) is 22.2 Å². The Kier molecular flexibility index (Phi) is 5.27. The largest absolute Gasteiger partial charge is 0.456 e. The van der Waals surface area contributed by atoms with E-state index in [1.54, 1.807) is 17.5 Å². The number of hydrogen-bond acceptors (Lipinski definition) is 8. The highest BCUT2D eigenvalue weighted by Crippen LogP contribution is 2.35. The summed E-state index contributed by atoms with van der Waals surface area (Å²) in [7, 11) is -3.93. The van der Waals surface area contributed by atoms with E-state index in [4.69, 9.17) is 4.74 Å². The van der Waals surface area contributed by atoms with Crippen LogP contribution in [0.2, 0.25) is 0 Å². The number of fused-ring (bicyclic) bond motifs is 2. The molecule has 9 heteroatoms. The summed E-state index contributed by atoms with van der Waals surface area (Å²) >= 11 is 1.37. The molecular weight excluding hydrogens is 460 g/mol. The Bertz CT molecular complexity index is 1490. The van der Waals surface area contributed by atoms with Crippen LogP contribution in [0, 0.1) is 0 Å². The number of aromatic nitrogens is 1. The minimum atomic E-state index is -3.93. The zero-order chi connectivity index (χ0) is 23.0. The van der Waals surface area contributed by atoms with Crippen molar-refractivity contribution in [3.05, 3.63) is 101 Å². The summed E-state index contributed by atoms with van der Waals surface area (Å²) in [6.07, 6.45) is 0. The molecule has 1 aromatic heterocycles. The number of nitrogens with one attached hydrogen (secondary N) is 1. The molecule has 7 nitrogen and oxygen atoms in total. The van der Waals surface area contributed by atoms with Crippen LogP contribution in [0.4, 0.5) is 10.8 Å². The average Bonchev–Trinajstić information content (AvgIpc) is 3.29. The summed E-state index contributed by atoms with van der Waals surface area (Å²) in [6, 6.07) is 19.5. The first-order chi connectivity index (χ1) is 15.9. The van der Waals surface area contributed by atoms with E-state index in [1.807, 2.05) is 30.3 Å². The van der Waals surface area contributed by atoms with Crippen LogP contribution >= 0.6 is 11.3 Å². The molecule has 4 aromatic rings. The summed E-state index contributed by atoms with van der Waals surface area (Å²) in [5, 5.41) is 5.59. The van der Waals surface area contributed by atoms with Gasteiger partial charge < -0.3 is 10.1 Å². The summed E-state index contributed by atoms with van der Waals surface area (Å²) in [4.78, 5) is 29.5. The normalized spacial score (nSPS) is 13.6. The van der Waals surface area contributed by atoms with Crippen molar-refractivity contribution in [3.63, 3.8) is 0 Å². The number of carbonyl (C=O) groups excluding carboxylic acids is 2. The molecule has 0 atom stereocenters. The molecule has 164 valence electrons. The van der Waals surface area contributed by atoms with E-state index in [-0.39, 0.29) is 33.1 Å². The predicted molar refractivity (Wildman–Crippen MR) is 123 cm³/mol. The highest BCUT2D eigenvalue weighted by atomic mass is 32.2. The van der Waals surface area contributed by atoms with Crippen molar-refractivity contribution in [3.8, 4) is 0 Å². The van der Waals surface area contributed by atoms with Gasteiger partial charge in [0.05, 0.1) is 21.0 Å². The van der Waals surface area contributed by atoms with Gasteiger partial charge in [-0.05, 0) is 42.5 Å². The van der Waals surface area contributed by atoms with Crippen LogP contribution in [0.3, 0.4) is 0 Å². The van der Waals surface area contributed by atoms with Crippen LogP contribution in [0.1, 0.15) is 32.0 Å². The van der Waals surface area contributed by atoms with Crippen molar-refractivity contribution in [2.45, 2.75) is 16.4 Å². The van der Waals surface area contributed by atoms with Gasteiger partial charge in [-0.3, -0.25) is 4.79 Å². The van der Waals surface area contributed by atoms with Crippen molar-refractivity contribution in [2.24, 2.45) is 0 Å². The van der Waals surface area contributed by atoms with E-state index in [0.29, 0.717) is 10.8 Å². The molecule has 1 aliphatic heterocycles. The molecule has 3 aromatic carbocycles. The van der Waals surface area contributed by atoms with Gasteiger partial charge in [0.15, 0.2) is 10.9 Å². The maximum atomic E-state index is 13.0. The summed E-state index contributed by atoms with van der Waals surface area (Å²) < 4.78 is 31.4. The first kappa shape index (κ1) is 21.0. The van der Waals surface area contributed by atoms with E-state index in [2.05, 4.69) is 10.3 Å². The fourth-order valence-electron chi connectivity index (χ4n) is 3.51. The van der Waals surface area contributed by atoms with E-state index < -0.39 is 21.6 Å². The Labute approximate surface area is 193 Å². The third-order valence-corrected chi connectivity index (χ3v) is 7.76. The van der Waals surface area contributed by atoms with Crippen molar-refractivity contribution >= 4 is 43.7 Å². The number of anilines is 2. The molecule has 0 amide bonds. The molecule has 0 unspecified atom stereocenters. The summed E-state index contributed by atoms with van der Waals surface area (Å²) in [5.74, 6) is -1.10. The van der Waals surface area contributed by atoms with Gasteiger partial charge >= 0.3 is 5.97 Å². The number of rotatable bonds is 5. The smallest absolute Gasteiger partial charge is 0.338 e. The molecule has 33 heavy (non-hydrogen) atoms. The highest BCUT2D eigenvalue weighted by Gasteiger charge is 2.35. The molecule has 1 aliphatic rings. The van der Waals surface area contributed by atoms with Crippen LogP contribution in [0.15, 0.2) is 88.0 Å². The number of ketones is 1. The second-order valence-corrected chi connectivity index (χ2v) is 10.00. The van der Waals surface area contributed by atoms with Crippen LogP contribution in [-0.2, 0) is 21.2 Å².